The molecular formula is C6H12F3OSi. The molecule has 67 valence electrons. The molecule has 0 unspecified atom stereocenters. The first kappa shape index (κ1) is 11.0. The first-order valence-corrected chi connectivity index (χ1v) is 5.17. The van der Waals surface area contributed by atoms with Gasteiger partial charge in [0.05, 0.1) is 0 Å². The monoisotopic (exact) mass is 185 g/mol. The maximum Gasteiger partial charge on any atom is 0.388 e. The van der Waals surface area contributed by atoms with Crippen molar-refractivity contribution in [3.05, 3.63) is 0 Å². The summed E-state index contributed by atoms with van der Waals surface area (Å²) in [7, 11) is -1.76. The number of alkyl halides is 3. The van der Waals surface area contributed by atoms with Gasteiger partial charge in [-0.15, -0.1) is 0 Å². The smallest absolute Gasteiger partial charge is 0.388 e. The molecule has 0 aliphatic heterocycles. The van der Waals surface area contributed by atoms with Crippen LogP contribution in [0, 0.1) is 0 Å². The van der Waals surface area contributed by atoms with Gasteiger partial charge in [-0.1, -0.05) is 13.8 Å². The molecule has 0 aromatic rings. The van der Waals surface area contributed by atoms with Crippen LogP contribution >= 0.6 is 0 Å². The molecule has 11 heavy (non-hydrogen) atoms. The highest BCUT2D eigenvalue weighted by Crippen LogP contribution is 2.24. The number of hydrogen-bond donors (Lipinski definition) is 1. The Bertz CT molecular complexity index is 113. The van der Waals surface area contributed by atoms with Crippen molar-refractivity contribution < 1.29 is 18.0 Å². The van der Waals surface area contributed by atoms with E-state index in [4.69, 9.17) is 4.80 Å². The predicted octanol–water partition coefficient (Wildman–Crippen LogP) is 2.33. The molecule has 0 aliphatic carbocycles. The third-order valence-corrected chi connectivity index (χ3v) is 3.43. The summed E-state index contributed by atoms with van der Waals surface area (Å²) in [5.74, 6) is 0. The molecule has 5 heteroatoms. The molecule has 1 nitrogen and oxygen atoms in total. The second-order valence-electron chi connectivity index (χ2n) is 2.76. The largest absolute Gasteiger partial charge is 0.431 e. The third-order valence-electron chi connectivity index (χ3n) is 1.33. The van der Waals surface area contributed by atoms with Crippen LogP contribution in [-0.2, 0) is 0 Å². The van der Waals surface area contributed by atoms with E-state index >= 15 is 0 Å². The van der Waals surface area contributed by atoms with E-state index in [1.54, 1.807) is 13.8 Å². The van der Waals surface area contributed by atoms with Crippen molar-refractivity contribution in [2.45, 2.75) is 38.0 Å². The quantitative estimate of drug-likeness (QED) is 0.669. The fourth-order valence-corrected chi connectivity index (χ4v) is 1.68. The Labute approximate surface area is 66.0 Å². The summed E-state index contributed by atoms with van der Waals surface area (Å²) in [5, 5.41) is 0. The summed E-state index contributed by atoms with van der Waals surface area (Å²) in [6.07, 6.45) is -4.97. The van der Waals surface area contributed by atoms with E-state index in [9.17, 15) is 13.2 Å². The molecular weight excluding hydrogens is 173 g/mol. The van der Waals surface area contributed by atoms with Crippen LogP contribution in [0.3, 0.4) is 0 Å². The molecule has 0 saturated heterocycles. The fourth-order valence-electron chi connectivity index (χ4n) is 0.558. The van der Waals surface area contributed by atoms with Gasteiger partial charge in [0.1, 0.15) is 0 Å². The fraction of sp³-hybridized carbons (Fsp3) is 1.00. The molecule has 1 radical (unpaired) electrons. The summed E-state index contributed by atoms with van der Waals surface area (Å²) in [6, 6.07) is -0.0914. The van der Waals surface area contributed by atoms with Crippen LogP contribution in [0.4, 0.5) is 13.2 Å². The minimum Gasteiger partial charge on any atom is -0.431 e. The standard InChI is InChI=1S/C6H12F3OSi/c1-5(2)11(10)4-3-6(7,8)9/h5,10H,3-4H2,1-2H3. The Hall–Kier alpha value is -0.0331. The number of rotatable bonds is 3. The lowest BCUT2D eigenvalue weighted by Crippen LogP contribution is -2.19. The van der Waals surface area contributed by atoms with Crippen LogP contribution in [0.5, 0.6) is 0 Å². The third kappa shape index (κ3) is 6.37. The lowest BCUT2D eigenvalue weighted by molar-refractivity contribution is -0.131. The Morgan fingerprint density at radius 3 is 2.09 bits per heavy atom. The van der Waals surface area contributed by atoms with Crippen LogP contribution < -0.4 is 0 Å². The van der Waals surface area contributed by atoms with Gasteiger partial charge in [0, 0.05) is 6.42 Å². The summed E-state index contributed by atoms with van der Waals surface area (Å²) in [4.78, 5) is 9.09. The van der Waals surface area contributed by atoms with Crippen LogP contribution in [0.2, 0.25) is 11.6 Å². The van der Waals surface area contributed by atoms with E-state index in [1.165, 1.54) is 0 Å². The maximum atomic E-state index is 11.6. The molecule has 0 heterocycles. The Morgan fingerprint density at radius 1 is 1.36 bits per heavy atom. The van der Waals surface area contributed by atoms with Gasteiger partial charge in [0.2, 0.25) is 9.04 Å². The normalized spacial score (nSPS) is 13.1. The van der Waals surface area contributed by atoms with E-state index in [1.807, 2.05) is 0 Å². The van der Waals surface area contributed by atoms with E-state index in [-0.39, 0.29) is 11.6 Å². The first-order chi connectivity index (χ1) is 4.83. The average molecular weight is 185 g/mol. The van der Waals surface area contributed by atoms with Gasteiger partial charge in [-0.05, 0) is 11.6 Å². The van der Waals surface area contributed by atoms with Crippen molar-refractivity contribution in [1.82, 2.24) is 0 Å². The number of hydrogen-bond acceptors (Lipinski definition) is 1. The summed E-state index contributed by atoms with van der Waals surface area (Å²) in [6.45, 7) is 3.48. The van der Waals surface area contributed by atoms with Gasteiger partial charge < -0.3 is 4.80 Å². The molecule has 0 aromatic carbocycles. The lowest BCUT2D eigenvalue weighted by Gasteiger charge is -2.12. The van der Waals surface area contributed by atoms with Crippen LogP contribution in [0.25, 0.3) is 0 Å². The van der Waals surface area contributed by atoms with Crippen molar-refractivity contribution in [2.24, 2.45) is 0 Å². The highest BCUT2D eigenvalue weighted by atomic mass is 28.3. The van der Waals surface area contributed by atoms with Crippen molar-refractivity contribution in [2.75, 3.05) is 0 Å². The molecule has 0 bridgehead atoms. The number of halogens is 3. The maximum absolute atomic E-state index is 11.6. The van der Waals surface area contributed by atoms with Gasteiger partial charge in [-0.3, -0.25) is 0 Å². The first-order valence-electron chi connectivity index (χ1n) is 3.44. The van der Waals surface area contributed by atoms with Gasteiger partial charge in [-0.2, -0.15) is 13.2 Å². The zero-order valence-electron chi connectivity index (χ0n) is 6.57. The summed E-state index contributed by atoms with van der Waals surface area (Å²) in [5.41, 5.74) is 0.00218. The molecule has 1 N–H and O–H groups in total. The highest BCUT2D eigenvalue weighted by molar-refractivity contribution is 6.51. The molecule has 0 rings (SSSR count). The highest BCUT2D eigenvalue weighted by Gasteiger charge is 2.29. The van der Waals surface area contributed by atoms with E-state index < -0.39 is 21.6 Å². The van der Waals surface area contributed by atoms with Gasteiger partial charge in [-0.25, -0.2) is 0 Å². The predicted molar refractivity (Wildman–Crippen MR) is 38.5 cm³/mol. The summed E-state index contributed by atoms with van der Waals surface area (Å²) >= 11 is 0. The molecule has 0 atom stereocenters. The van der Waals surface area contributed by atoms with Crippen LogP contribution in [-0.4, -0.2) is 20.0 Å². The molecule has 0 amide bonds. The van der Waals surface area contributed by atoms with E-state index in [2.05, 4.69) is 0 Å². The zero-order chi connectivity index (χ0) is 9.07. The second-order valence-corrected chi connectivity index (χ2v) is 5.40. The van der Waals surface area contributed by atoms with Crippen molar-refractivity contribution in [1.29, 1.82) is 0 Å². The van der Waals surface area contributed by atoms with Crippen molar-refractivity contribution in [3.63, 3.8) is 0 Å². The SMILES string of the molecule is CC(C)[Si](O)CCC(F)(F)F. The van der Waals surface area contributed by atoms with Crippen molar-refractivity contribution in [3.8, 4) is 0 Å². The van der Waals surface area contributed by atoms with Crippen LogP contribution in [0.15, 0.2) is 0 Å². The minimum absolute atomic E-state index is 0.00218. The Kier molecular flexibility index (Phi) is 4.10. The van der Waals surface area contributed by atoms with E-state index in [0.29, 0.717) is 0 Å². The Balaban J connectivity index is 3.54. The van der Waals surface area contributed by atoms with Gasteiger partial charge >= 0.3 is 6.18 Å². The summed E-state index contributed by atoms with van der Waals surface area (Å²) < 4.78 is 34.8. The van der Waals surface area contributed by atoms with Gasteiger partial charge in [0.15, 0.2) is 0 Å². The van der Waals surface area contributed by atoms with E-state index in [0.717, 1.165) is 0 Å². The average Bonchev–Trinajstić information content (AvgIpc) is 1.80. The lowest BCUT2D eigenvalue weighted by atomic mass is 10.5. The minimum atomic E-state index is -4.12. The molecule has 0 spiro atoms. The molecule has 0 saturated carbocycles. The Morgan fingerprint density at radius 2 is 1.82 bits per heavy atom. The molecule has 0 aromatic heterocycles. The van der Waals surface area contributed by atoms with Crippen molar-refractivity contribution >= 4 is 9.04 Å². The molecule has 0 aliphatic rings. The zero-order valence-corrected chi connectivity index (χ0v) is 7.57. The van der Waals surface area contributed by atoms with Crippen LogP contribution in [0.1, 0.15) is 20.3 Å². The second kappa shape index (κ2) is 4.11. The molecule has 0 fully saturated rings. The topological polar surface area (TPSA) is 20.2 Å². The van der Waals surface area contributed by atoms with Gasteiger partial charge in [0.25, 0.3) is 0 Å².